The Kier molecular flexibility index (Phi) is 4.84. The third kappa shape index (κ3) is 2.88. The first-order chi connectivity index (χ1) is 8.34. The van der Waals surface area contributed by atoms with Crippen LogP contribution in [0.15, 0.2) is 23.1 Å². The number of nitrogens with zero attached hydrogens (tertiary/aromatic N) is 1. The molecule has 0 saturated carbocycles. The van der Waals surface area contributed by atoms with Gasteiger partial charge in [-0.05, 0) is 32.0 Å². The summed E-state index contributed by atoms with van der Waals surface area (Å²) in [5.41, 5.74) is -0.0177. The molecule has 18 heavy (non-hydrogen) atoms. The summed E-state index contributed by atoms with van der Waals surface area (Å²) >= 11 is 0. The van der Waals surface area contributed by atoms with E-state index in [4.69, 9.17) is 5.11 Å². The average molecular weight is 275 g/mol. The summed E-state index contributed by atoms with van der Waals surface area (Å²) in [6.07, 6.45) is 0. The van der Waals surface area contributed by atoms with Crippen LogP contribution in [0, 0.1) is 5.82 Å². The third-order valence-electron chi connectivity index (χ3n) is 2.68. The van der Waals surface area contributed by atoms with E-state index in [9.17, 15) is 12.8 Å². The Morgan fingerprint density at radius 3 is 2.44 bits per heavy atom. The smallest absolute Gasteiger partial charge is 0.243 e. The molecule has 0 amide bonds. The molecule has 0 aliphatic rings. The SMILES string of the molecule is CCN(C(C)C)S(=O)(=O)c1ccc(F)c(CO)c1. The topological polar surface area (TPSA) is 57.6 Å². The second kappa shape index (κ2) is 5.77. The molecule has 4 nitrogen and oxygen atoms in total. The van der Waals surface area contributed by atoms with Gasteiger partial charge in [-0.3, -0.25) is 0 Å². The molecular weight excluding hydrogens is 257 g/mol. The lowest BCUT2D eigenvalue weighted by Gasteiger charge is -2.24. The molecule has 102 valence electrons. The predicted octanol–water partition coefficient (Wildman–Crippen LogP) is 1.74. The highest BCUT2D eigenvalue weighted by molar-refractivity contribution is 7.89. The van der Waals surface area contributed by atoms with Crippen LogP contribution in [0.3, 0.4) is 0 Å². The molecule has 0 radical (unpaired) electrons. The first-order valence-electron chi connectivity index (χ1n) is 5.75. The maximum atomic E-state index is 13.2. The van der Waals surface area contributed by atoms with Crippen molar-refractivity contribution < 1.29 is 17.9 Å². The van der Waals surface area contributed by atoms with Crippen LogP contribution >= 0.6 is 0 Å². The standard InChI is InChI=1S/C12H18FNO3S/c1-4-14(9(2)3)18(16,17)11-5-6-12(13)10(7-11)8-15/h5-7,9,15H,4,8H2,1-3H3. The molecule has 0 spiro atoms. The number of benzene rings is 1. The summed E-state index contributed by atoms with van der Waals surface area (Å²) in [6.45, 7) is 5.11. The highest BCUT2D eigenvalue weighted by Crippen LogP contribution is 2.20. The highest BCUT2D eigenvalue weighted by Gasteiger charge is 2.26. The van der Waals surface area contributed by atoms with Gasteiger partial charge in [0.1, 0.15) is 5.82 Å². The Bertz CT molecular complexity index is 514. The van der Waals surface area contributed by atoms with Crippen molar-refractivity contribution >= 4 is 10.0 Å². The lowest BCUT2D eigenvalue weighted by Crippen LogP contribution is -2.36. The number of hydrogen-bond acceptors (Lipinski definition) is 3. The highest BCUT2D eigenvalue weighted by atomic mass is 32.2. The van der Waals surface area contributed by atoms with Gasteiger partial charge in [-0.1, -0.05) is 6.92 Å². The molecule has 0 saturated heterocycles. The monoisotopic (exact) mass is 275 g/mol. The summed E-state index contributed by atoms with van der Waals surface area (Å²) < 4.78 is 39.2. The van der Waals surface area contributed by atoms with Gasteiger partial charge >= 0.3 is 0 Å². The molecule has 1 aromatic rings. The van der Waals surface area contributed by atoms with Gasteiger partial charge in [0.25, 0.3) is 0 Å². The van der Waals surface area contributed by atoms with Crippen LogP contribution in [0.25, 0.3) is 0 Å². The maximum Gasteiger partial charge on any atom is 0.243 e. The van der Waals surface area contributed by atoms with Gasteiger partial charge in [-0.2, -0.15) is 4.31 Å². The third-order valence-corrected chi connectivity index (χ3v) is 4.83. The van der Waals surface area contributed by atoms with Crippen LogP contribution in [0.4, 0.5) is 4.39 Å². The maximum absolute atomic E-state index is 13.2. The van der Waals surface area contributed by atoms with Crippen molar-refractivity contribution in [2.75, 3.05) is 6.54 Å². The molecule has 0 atom stereocenters. The van der Waals surface area contributed by atoms with Crippen molar-refractivity contribution in [1.82, 2.24) is 4.31 Å². The Hall–Kier alpha value is -0.980. The second-order valence-corrected chi connectivity index (χ2v) is 6.10. The van der Waals surface area contributed by atoms with E-state index < -0.39 is 22.4 Å². The molecular formula is C12H18FNO3S. The Morgan fingerprint density at radius 1 is 1.39 bits per heavy atom. The Balaban J connectivity index is 3.28. The van der Waals surface area contributed by atoms with Gasteiger partial charge in [0.15, 0.2) is 0 Å². The van der Waals surface area contributed by atoms with Crippen molar-refractivity contribution in [3.8, 4) is 0 Å². The van der Waals surface area contributed by atoms with Gasteiger partial charge < -0.3 is 5.11 Å². The fraction of sp³-hybridized carbons (Fsp3) is 0.500. The number of halogens is 1. The molecule has 0 unspecified atom stereocenters. The zero-order chi connectivity index (χ0) is 13.9. The summed E-state index contributed by atoms with van der Waals surface area (Å²) in [6, 6.07) is 3.28. The first kappa shape index (κ1) is 15.1. The largest absolute Gasteiger partial charge is 0.392 e. The number of aliphatic hydroxyl groups is 1. The number of sulfonamides is 1. The van der Waals surface area contributed by atoms with E-state index in [1.54, 1.807) is 20.8 Å². The number of aliphatic hydroxyl groups excluding tert-OH is 1. The van der Waals surface area contributed by atoms with Crippen LogP contribution in [0.1, 0.15) is 26.3 Å². The molecule has 1 rings (SSSR count). The lowest BCUT2D eigenvalue weighted by molar-refractivity contribution is 0.275. The summed E-state index contributed by atoms with van der Waals surface area (Å²) in [4.78, 5) is 0.00324. The predicted molar refractivity (Wildman–Crippen MR) is 67.0 cm³/mol. The van der Waals surface area contributed by atoms with E-state index in [2.05, 4.69) is 0 Å². The zero-order valence-electron chi connectivity index (χ0n) is 10.7. The molecule has 0 aliphatic heterocycles. The van der Waals surface area contributed by atoms with Crippen LogP contribution in [0.5, 0.6) is 0 Å². The van der Waals surface area contributed by atoms with E-state index in [-0.39, 0.29) is 16.5 Å². The van der Waals surface area contributed by atoms with Crippen molar-refractivity contribution in [1.29, 1.82) is 0 Å². The second-order valence-electron chi connectivity index (χ2n) is 4.21. The molecule has 0 bridgehead atoms. The van der Waals surface area contributed by atoms with Gasteiger partial charge in [-0.25, -0.2) is 12.8 Å². The average Bonchev–Trinajstić information content (AvgIpc) is 2.29. The van der Waals surface area contributed by atoms with E-state index in [1.807, 2.05) is 0 Å². The number of rotatable bonds is 5. The van der Waals surface area contributed by atoms with Crippen LogP contribution in [-0.4, -0.2) is 30.4 Å². The minimum Gasteiger partial charge on any atom is -0.392 e. The van der Waals surface area contributed by atoms with Gasteiger partial charge in [-0.15, -0.1) is 0 Å². The lowest BCUT2D eigenvalue weighted by atomic mass is 10.2. The first-order valence-corrected chi connectivity index (χ1v) is 7.19. The minimum absolute atomic E-state index is 0.00324. The molecule has 0 aromatic heterocycles. The van der Waals surface area contributed by atoms with E-state index in [1.165, 1.54) is 16.4 Å². The van der Waals surface area contributed by atoms with E-state index in [0.29, 0.717) is 6.54 Å². The van der Waals surface area contributed by atoms with Gasteiger partial charge in [0, 0.05) is 18.2 Å². The fourth-order valence-electron chi connectivity index (χ4n) is 1.78. The van der Waals surface area contributed by atoms with Crippen LogP contribution in [0.2, 0.25) is 0 Å². The molecule has 0 aliphatic carbocycles. The molecule has 1 aromatic carbocycles. The van der Waals surface area contributed by atoms with Crippen molar-refractivity contribution in [2.24, 2.45) is 0 Å². The van der Waals surface area contributed by atoms with E-state index in [0.717, 1.165) is 6.07 Å². The van der Waals surface area contributed by atoms with Crippen LogP contribution < -0.4 is 0 Å². The molecule has 1 N–H and O–H groups in total. The minimum atomic E-state index is -3.64. The Labute approximate surface area is 107 Å². The summed E-state index contributed by atoms with van der Waals surface area (Å²) in [5.74, 6) is -0.607. The van der Waals surface area contributed by atoms with Crippen molar-refractivity contribution in [3.05, 3.63) is 29.6 Å². The van der Waals surface area contributed by atoms with Crippen molar-refractivity contribution in [3.63, 3.8) is 0 Å². The van der Waals surface area contributed by atoms with Gasteiger partial charge in [0.05, 0.1) is 11.5 Å². The number of hydrogen-bond donors (Lipinski definition) is 1. The molecule has 6 heteroatoms. The normalized spacial score (nSPS) is 12.4. The quantitative estimate of drug-likeness (QED) is 0.890. The van der Waals surface area contributed by atoms with Crippen LogP contribution in [-0.2, 0) is 16.6 Å². The van der Waals surface area contributed by atoms with Gasteiger partial charge in [0.2, 0.25) is 10.0 Å². The summed E-state index contributed by atoms with van der Waals surface area (Å²) in [7, 11) is -3.64. The zero-order valence-corrected chi connectivity index (χ0v) is 11.5. The fourth-order valence-corrected chi connectivity index (χ4v) is 3.48. The van der Waals surface area contributed by atoms with Crippen molar-refractivity contribution in [2.45, 2.75) is 38.3 Å². The van der Waals surface area contributed by atoms with E-state index >= 15 is 0 Å². The summed E-state index contributed by atoms with van der Waals surface area (Å²) in [5, 5.41) is 8.97. The molecule has 0 fully saturated rings. The Morgan fingerprint density at radius 2 is 2.00 bits per heavy atom. The molecule has 0 heterocycles.